The summed E-state index contributed by atoms with van der Waals surface area (Å²) in [4.78, 5) is 10.6. The summed E-state index contributed by atoms with van der Waals surface area (Å²) in [7, 11) is 0. The molecule has 0 bridgehead atoms. The van der Waals surface area contributed by atoms with Gasteiger partial charge in [0.1, 0.15) is 11.9 Å². The molecule has 1 rings (SSSR count). The average molecular weight is 222 g/mol. The first-order valence-corrected chi connectivity index (χ1v) is 4.65. The topological polar surface area (TPSA) is 73.1 Å². The third kappa shape index (κ3) is 2.48. The molecule has 2 N–H and O–H groups in total. The van der Waals surface area contributed by atoms with Crippen molar-refractivity contribution in [2.45, 2.75) is 19.9 Å². The molecular formula is C11H11FN2O2. The Labute approximate surface area is 92.3 Å². The molecule has 0 saturated heterocycles. The number of nitrogens with one attached hydrogen (secondary N) is 1. The second-order valence-corrected chi connectivity index (χ2v) is 3.45. The summed E-state index contributed by atoms with van der Waals surface area (Å²) in [6.07, 6.45) is 0. The van der Waals surface area contributed by atoms with E-state index in [4.69, 9.17) is 10.4 Å². The first kappa shape index (κ1) is 12.0. The van der Waals surface area contributed by atoms with Crippen LogP contribution in [0, 0.1) is 24.1 Å². The highest BCUT2D eigenvalue weighted by Crippen LogP contribution is 2.21. The van der Waals surface area contributed by atoms with Gasteiger partial charge in [0.05, 0.1) is 11.6 Å². The molecule has 1 unspecified atom stereocenters. The van der Waals surface area contributed by atoms with Crippen LogP contribution in [0.3, 0.4) is 0 Å². The van der Waals surface area contributed by atoms with Gasteiger partial charge in [-0.3, -0.25) is 4.79 Å². The number of carbonyl (C=O) groups is 1. The van der Waals surface area contributed by atoms with Crippen LogP contribution in [0.4, 0.5) is 10.1 Å². The Morgan fingerprint density at radius 3 is 2.75 bits per heavy atom. The molecule has 0 aliphatic heterocycles. The minimum Gasteiger partial charge on any atom is -0.480 e. The predicted molar refractivity (Wildman–Crippen MR) is 56.6 cm³/mol. The molecular weight excluding hydrogens is 211 g/mol. The third-order valence-electron chi connectivity index (χ3n) is 2.22. The van der Waals surface area contributed by atoms with E-state index in [2.05, 4.69) is 5.32 Å². The second kappa shape index (κ2) is 4.62. The zero-order chi connectivity index (χ0) is 12.3. The number of nitrogens with zero attached hydrogens (tertiary/aromatic N) is 1. The SMILES string of the molecule is Cc1c(F)cc(C#N)cc1NC(C)C(=O)O. The van der Waals surface area contributed by atoms with E-state index in [1.807, 2.05) is 6.07 Å². The van der Waals surface area contributed by atoms with E-state index >= 15 is 0 Å². The Hall–Kier alpha value is -2.09. The second-order valence-electron chi connectivity index (χ2n) is 3.45. The van der Waals surface area contributed by atoms with E-state index in [1.165, 1.54) is 19.9 Å². The van der Waals surface area contributed by atoms with Crippen LogP contribution in [0.25, 0.3) is 0 Å². The van der Waals surface area contributed by atoms with Gasteiger partial charge in [0, 0.05) is 11.3 Å². The van der Waals surface area contributed by atoms with Crippen LogP contribution in [0.2, 0.25) is 0 Å². The molecule has 0 saturated carbocycles. The van der Waals surface area contributed by atoms with E-state index in [0.29, 0.717) is 11.3 Å². The smallest absolute Gasteiger partial charge is 0.325 e. The van der Waals surface area contributed by atoms with E-state index in [9.17, 15) is 9.18 Å². The lowest BCUT2D eigenvalue weighted by molar-refractivity contribution is -0.137. The summed E-state index contributed by atoms with van der Waals surface area (Å²) in [6.45, 7) is 2.96. The number of hydrogen-bond donors (Lipinski definition) is 2. The van der Waals surface area contributed by atoms with Crippen LogP contribution >= 0.6 is 0 Å². The Morgan fingerprint density at radius 1 is 1.62 bits per heavy atom. The molecule has 5 heteroatoms. The number of halogens is 1. The van der Waals surface area contributed by atoms with Crippen LogP contribution in [-0.2, 0) is 4.79 Å². The Balaban J connectivity index is 3.09. The number of hydrogen-bond acceptors (Lipinski definition) is 3. The Morgan fingerprint density at radius 2 is 2.25 bits per heavy atom. The Bertz CT molecular complexity index is 466. The molecule has 1 aromatic rings. The summed E-state index contributed by atoms with van der Waals surface area (Å²) in [5.41, 5.74) is 0.779. The molecule has 0 fully saturated rings. The monoisotopic (exact) mass is 222 g/mol. The predicted octanol–water partition coefficient (Wildman–Crippen LogP) is 1.89. The molecule has 0 radical (unpaired) electrons. The zero-order valence-corrected chi connectivity index (χ0v) is 8.91. The Kier molecular flexibility index (Phi) is 3.46. The van der Waals surface area contributed by atoms with Crippen molar-refractivity contribution in [1.29, 1.82) is 5.26 Å². The molecule has 0 spiro atoms. The molecule has 0 aliphatic rings. The van der Waals surface area contributed by atoms with Crippen LogP contribution in [0.5, 0.6) is 0 Å². The van der Waals surface area contributed by atoms with Crippen molar-refractivity contribution in [1.82, 2.24) is 0 Å². The number of rotatable bonds is 3. The highest BCUT2D eigenvalue weighted by molar-refractivity contribution is 5.77. The molecule has 84 valence electrons. The number of nitriles is 1. The van der Waals surface area contributed by atoms with Gasteiger partial charge >= 0.3 is 5.97 Å². The van der Waals surface area contributed by atoms with Gasteiger partial charge in [-0.15, -0.1) is 0 Å². The molecule has 0 aromatic heterocycles. The summed E-state index contributed by atoms with van der Waals surface area (Å²) in [6, 6.07) is 3.52. The fraction of sp³-hybridized carbons (Fsp3) is 0.273. The van der Waals surface area contributed by atoms with Crippen molar-refractivity contribution in [3.8, 4) is 6.07 Å². The van der Waals surface area contributed by atoms with E-state index in [1.54, 1.807) is 0 Å². The number of aliphatic carboxylic acids is 1. The van der Waals surface area contributed by atoms with E-state index < -0.39 is 17.8 Å². The van der Waals surface area contributed by atoms with Crippen LogP contribution in [-0.4, -0.2) is 17.1 Å². The van der Waals surface area contributed by atoms with Gasteiger partial charge in [-0.25, -0.2) is 4.39 Å². The van der Waals surface area contributed by atoms with Crippen LogP contribution in [0.1, 0.15) is 18.1 Å². The largest absolute Gasteiger partial charge is 0.480 e. The summed E-state index contributed by atoms with van der Waals surface area (Å²) >= 11 is 0. The highest BCUT2D eigenvalue weighted by atomic mass is 19.1. The lowest BCUT2D eigenvalue weighted by atomic mass is 10.1. The van der Waals surface area contributed by atoms with Gasteiger partial charge in [0.25, 0.3) is 0 Å². The normalized spacial score (nSPS) is 11.6. The maximum atomic E-state index is 13.3. The zero-order valence-electron chi connectivity index (χ0n) is 8.91. The third-order valence-corrected chi connectivity index (χ3v) is 2.22. The van der Waals surface area contributed by atoms with E-state index in [-0.39, 0.29) is 5.56 Å². The van der Waals surface area contributed by atoms with Gasteiger partial charge in [-0.1, -0.05) is 0 Å². The van der Waals surface area contributed by atoms with Gasteiger partial charge in [-0.2, -0.15) is 5.26 Å². The number of carboxylic acid groups (broad SMARTS) is 1. The summed E-state index contributed by atoms with van der Waals surface area (Å²) in [5.74, 6) is -1.57. The lowest BCUT2D eigenvalue weighted by Gasteiger charge is -2.13. The van der Waals surface area contributed by atoms with Gasteiger partial charge in [0.2, 0.25) is 0 Å². The minimum absolute atomic E-state index is 0.156. The lowest BCUT2D eigenvalue weighted by Crippen LogP contribution is -2.25. The van der Waals surface area contributed by atoms with Gasteiger partial charge < -0.3 is 10.4 Å². The van der Waals surface area contributed by atoms with E-state index in [0.717, 1.165) is 6.07 Å². The minimum atomic E-state index is -1.04. The summed E-state index contributed by atoms with van der Waals surface area (Å²) in [5, 5.41) is 20.0. The van der Waals surface area contributed by atoms with Crippen LogP contribution < -0.4 is 5.32 Å². The maximum absolute atomic E-state index is 13.3. The number of benzene rings is 1. The van der Waals surface area contributed by atoms with Gasteiger partial charge in [-0.05, 0) is 26.0 Å². The van der Waals surface area contributed by atoms with Crippen LogP contribution in [0.15, 0.2) is 12.1 Å². The quantitative estimate of drug-likeness (QED) is 0.819. The van der Waals surface area contributed by atoms with Crippen molar-refractivity contribution in [2.24, 2.45) is 0 Å². The fourth-order valence-corrected chi connectivity index (χ4v) is 1.19. The number of carboxylic acids is 1. The first-order chi connectivity index (χ1) is 7.45. The molecule has 4 nitrogen and oxygen atoms in total. The molecule has 0 heterocycles. The first-order valence-electron chi connectivity index (χ1n) is 4.65. The van der Waals surface area contributed by atoms with Crippen molar-refractivity contribution in [3.05, 3.63) is 29.1 Å². The van der Waals surface area contributed by atoms with Gasteiger partial charge in [0.15, 0.2) is 0 Å². The molecule has 0 amide bonds. The van der Waals surface area contributed by atoms with Crippen molar-refractivity contribution >= 4 is 11.7 Å². The summed E-state index contributed by atoms with van der Waals surface area (Å²) < 4.78 is 13.3. The standard InChI is InChI=1S/C11H11FN2O2/c1-6-9(12)3-8(5-13)4-10(6)14-7(2)11(15)16/h3-4,7,14H,1-2H3,(H,15,16). The maximum Gasteiger partial charge on any atom is 0.325 e. The highest BCUT2D eigenvalue weighted by Gasteiger charge is 2.13. The van der Waals surface area contributed by atoms with Crippen molar-refractivity contribution in [2.75, 3.05) is 5.32 Å². The number of anilines is 1. The molecule has 16 heavy (non-hydrogen) atoms. The molecule has 1 atom stereocenters. The molecule has 1 aromatic carbocycles. The van der Waals surface area contributed by atoms with Crippen molar-refractivity contribution < 1.29 is 14.3 Å². The van der Waals surface area contributed by atoms with Crippen molar-refractivity contribution in [3.63, 3.8) is 0 Å². The molecule has 0 aliphatic carbocycles. The fourth-order valence-electron chi connectivity index (χ4n) is 1.19. The average Bonchev–Trinajstić information content (AvgIpc) is 2.24.